The van der Waals surface area contributed by atoms with Crippen molar-refractivity contribution in [3.05, 3.63) is 86.9 Å². The number of benzene rings is 3. The molecule has 3 aromatic carbocycles. The van der Waals surface area contributed by atoms with Crippen LogP contribution in [0.1, 0.15) is 39.5 Å². The molecule has 156 valence electrons. The lowest BCUT2D eigenvalue weighted by molar-refractivity contribution is 0.102. The first-order valence-electron chi connectivity index (χ1n) is 9.90. The molecule has 30 heavy (non-hydrogen) atoms. The summed E-state index contributed by atoms with van der Waals surface area (Å²) in [5.74, 6) is 1.39. The SMILES string of the molecule is CCOc1ccc(C(=O)Nc2cccc(Br)c2)cc1COc1cc(C)cc(C)c1C. The number of halogens is 1. The van der Waals surface area contributed by atoms with Crippen LogP contribution in [0.5, 0.6) is 11.5 Å². The van der Waals surface area contributed by atoms with E-state index >= 15 is 0 Å². The molecule has 0 saturated carbocycles. The lowest BCUT2D eigenvalue weighted by atomic mass is 10.1. The molecule has 0 radical (unpaired) electrons. The van der Waals surface area contributed by atoms with Gasteiger partial charge in [-0.25, -0.2) is 0 Å². The summed E-state index contributed by atoms with van der Waals surface area (Å²) in [5.41, 5.74) is 5.57. The van der Waals surface area contributed by atoms with Crippen LogP contribution in [-0.4, -0.2) is 12.5 Å². The first-order valence-corrected chi connectivity index (χ1v) is 10.7. The zero-order valence-corrected chi connectivity index (χ0v) is 19.3. The van der Waals surface area contributed by atoms with Gasteiger partial charge in [-0.1, -0.05) is 28.1 Å². The summed E-state index contributed by atoms with van der Waals surface area (Å²) in [7, 11) is 0. The van der Waals surface area contributed by atoms with Crippen LogP contribution in [0.15, 0.2) is 59.1 Å². The van der Waals surface area contributed by atoms with Gasteiger partial charge in [0.2, 0.25) is 0 Å². The highest BCUT2D eigenvalue weighted by Crippen LogP contribution is 2.27. The second kappa shape index (κ2) is 9.81. The summed E-state index contributed by atoms with van der Waals surface area (Å²) in [6.45, 7) is 8.98. The van der Waals surface area contributed by atoms with E-state index in [-0.39, 0.29) is 5.91 Å². The van der Waals surface area contributed by atoms with Gasteiger partial charge in [-0.2, -0.15) is 0 Å². The minimum Gasteiger partial charge on any atom is -0.493 e. The lowest BCUT2D eigenvalue weighted by Gasteiger charge is -2.16. The second-order valence-electron chi connectivity index (χ2n) is 7.21. The molecule has 0 heterocycles. The summed E-state index contributed by atoms with van der Waals surface area (Å²) < 4.78 is 12.8. The van der Waals surface area contributed by atoms with Crippen LogP contribution in [-0.2, 0) is 6.61 Å². The number of carbonyl (C=O) groups excluding carboxylic acids is 1. The number of amides is 1. The van der Waals surface area contributed by atoms with Gasteiger partial charge in [0, 0.05) is 21.3 Å². The summed E-state index contributed by atoms with van der Waals surface area (Å²) in [4.78, 5) is 12.8. The van der Waals surface area contributed by atoms with E-state index in [1.807, 2.05) is 49.4 Å². The molecule has 1 amide bonds. The fraction of sp³-hybridized carbons (Fsp3) is 0.240. The molecule has 0 atom stereocenters. The topological polar surface area (TPSA) is 47.6 Å². The smallest absolute Gasteiger partial charge is 0.255 e. The highest BCUT2D eigenvalue weighted by atomic mass is 79.9. The third kappa shape index (κ3) is 5.42. The second-order valence-corrected chi connectivity index (χ2v) is 8.13. The Kier molecular flexibility index (Phi) is 7.16. The minimum absolute atomic E-state index is 0.181. The summed E-state index contributed by atoms with van der Waals surface area (Å²) in [5, 5.41) is 2.92. The molecule has 4 nitrogen and oxygen atoms in total. The van der Waals surface area contributed by atoms with Crippen LogP contribution >= 0.6 is 15.9 Å². The number of hydrogen-bond acceptors (Lipinski definition) is 3. The van der Waals surface area contributed by atoms with E-state index in [1.54, 1.807) is 6.07 Å². The molecule has 0 unspecified atom stereocenters. The highest BCUT2D eigenvalue weighted by Gasteiger charge is 2.13. The summed E-state index contributed by atoms with van der Waals surface area (Å²) >= 11 is 3.42. The molecule has 0 fully saturated rings. The fourth-order valence-electron chi connectivity index (χ4n) is 3.21. The molecule has 1 N–H and O–H groups in total. The van der Waals surface area contributed by atoms with Crippen LogP contribution in [0.3, 0.4) is 0 Å². The monoisotopic (exact) mass is 467 g/mol. The summed E-state index contributed by atoms with van der Waals surface area (Å²) in [6, 6.07) is 17.1. The first-order chi connectivity index (χ1) is 14.4. The van der Waals surface area contributed by atoms with Crippen molar-refractivity contribution in [2.45, 2.75) is 34.3 Å². The molecule has 5 heteroatoms. The minimum atomic E-state index is -0.181. The van der Waals surface area contributed by atoms with Crippen molar-refractivity contribution >= 4 is 27.5 Å². The van der Waals surface area contributed by atoms with Crippen molar-refractivity contribution in [1.29, 1.82) is 0 Å². The Morgan fingerprint density at radius 2 is 1.77 bits per heavy atom. The van der Waals surface area contributed by atoms with Crippen molar-refractivity contribution in [3.8, 4) is 11.5 Å². The molecule has 0 saturated heterocycles. The van der Waals surface area contributed by atoms with Crippen molar-refractivity contribution in [2.75, 3.05) is 11.9 Å². The molecular weight excluding hydrogens is 442 g/mol. The molecule has 3 aromatic rings. The van der Waals surface area contributed by atoms with Gasteiger partial charge in [0.05, 0.1) is 6.61 Å². The fourth-order valence-corrected chi connectivity index (χ4v) is 3.60. The molecular formula is C25H26BrNO3. The normalized spacial score (nSPS) is 10.6. The van der Waals surface area contributed by atoms with Crippen LogP contribution < -0.4 is 14.8 Å². The van der Waals surface area contributed by atoms with Crippen molar-refractivity contribution in [2.24, 2.45) is 0 Å². The number of anilines is 1. The van der Waals surface area contributed by atoms with Crippen molar-refractivity contribution < 1.29 is 14.3 Å². The van der Waals surface area contributed by atoms with Gasteiger partial charge in [-0.15, -0.1) is 0 Å². The number of rotatable bonds is 7. The van der Waals surface area contributed by atoms with Gasteiger partial charge in [0.25, 0.3) is 5.91 Å². The van der Waals surface area contributed by atoms with Crippen molar-refractivity contribution in [1.82, 2.24) is 0 Å². The van der Waals surface area contributed by atoms with Gasteiger partial charge in [0.15, 0.2) is 0 Å². The van der Waals surface area contributed by atoms with Gasteiger partial charge in [-0.3, -0.25) is 4.79 Å². The first kappa shape index (κ1) is 21.9. The average Bonchev–Trinajstić information content (AvgIpc) is 2.70. The van der Waals surface area contributed by atoms with E-state index in [0.29, 0.717) is 18.8 Å². The molecule has 0 aliphatic rings. The molecule has 0 aliphatic heterocycles. The van der Waals surface area contributed by atoms with E-state index in [1.165, 1.54) is 5.56 Å². The van der Waals surface area contributed by atoms with Gasteiger partial charge >= 0.3 is 0 Å². The predicted octanol–water partition coefficient (Wildman–Crippen LogP) is 6.60. The Hall–Kier alpha value is -2.79. The van der Waals surface area contributed by atoms with E-state index in [2.05, 4.69) is 48.1 Å². The molecule has 3 rings (SSSR count). The molecule has 0 aliphatic carbocycles. The lowest BCUT2D eigenvalue weighted by Crippen LogP contribution is -2.13. The zero-order chi connectivity index (χ0) is 21.7. The maximum Gasteiger partial charge on any atom is 0.255 e. The standard InChI is InChI=1S/C25H26BrNO3/c1-5-29-23-10-9-19(25(28)27-22-8-6-7-21(26)14-22)13-20(23)15-30-24-12-16(2)11-17(3)18(24)4/h6-14H,5,15H2,1-4H3,(H,27,28). The van der Waals surface area contributed by atoms with Gasteiger partial charge in [0.1, 0.15) is 18.1 Å². The summed E-state index contributed by atoms with van der Waals surface area (Å²) in [6.07, 6.45) is 0. The predicted molar refractivity (Wildman–Crippen MR) is 125 cm³/mol. The van der Waals surface area contributed by atoms with Crippen LogP contribution in [0.4, 0.5) is 5.69 Å². The number of nitrogens with one attached hydrogen (secondary N) is 1. The number of hydrogen-bond donors (Lipinski definition) is 1. The Bertz CT molecular complexity index is 1060. The maximum absolute atomic E-state index is 12.8. The average molecular weight is 468 g/mol. The molecule has 0 bridgehead atoms. The third-order valence-electron chi connectivity index (χ3n) is 4.85. The largest absolute Gasteiger partial charge is 0.493 e. The highest BCUT2D eigenvalue weighted by molar-refractivity contribution is 9.10. The van der Waals surface area contributed by atoms with E-state index in [4.69, 9.17) is 9.47 Å². The Labute approximate surface area is 186 Å². The number of carbonyl (C=O) groups is 1. The molecule has 0 spiro atoms. The van der Waals surface area contributed by atoms with Gasteiger partial charge in [-0.05, 0) is 86.8 Å². The van der Waals surface area contributed by atoms with Crippen LogP contribution in [0.25, 0.3) is 0 Å². The third-order valence-corrected chi connectivity index (χ3v) is 5.35. The van der Waals surface area contributed by atoms with Gasteiger partial charge < -0.3 is 14.8 Å². The molecule has 0 aromatic heterocycles. The van der Waals surface area contributed by atoms with E-state index < -0.39 is 0 Å². The van der Waals surface area contributed by atoms with Crippen molar-refractivity contribution in [3.63, 3.8) is 0 Å². The number of ether oxygens (including phenoxy) is 2. The quantitative estimate of drug-likeness (QED) is 0.425. The Balaban J connectivity index is 1.83. The van der Waals surface area contributed by atoms with Crippen LogP contribution in [0, 0.1) is 20.8 Å². The van der Waals surface area contributed by atoms with E-state index in [9.17, 15) is 4.79 Å². The Morgan fingerprint density at radius 1 is 0.967 bits per heavy atom. The van der Waals surface area contributed by atoms with E-state index in [0.717, 1.165) is 38.3 Å². The number of aryl methyl sites for hydroxylation is 2. The zero-order valence-electron chi connectivity index (χ0n) is 17.7. The Morgan fingerprint density at radius 3 is 2.50 bits per heavy atom. The maximum atomic E-state index is 12.8. The van der Waals surface area contributed by atoms with Crippen LogP contribution in [0.2, 0.25) is 0 Å².